The van der Waals surface area contributed by atoms with Crippen molar-refractivity contribution in [1.29, 1.82) is 0 Å². The number of benzene rings is 3. The zero-order valence-electron chi connectivity index (χ0n) is 14.4. The SMILES string of the molecule is Cc1ccc(-c2cccc(Oc3cc(C)c([N+](=O)[O-])cc3C)c2)cc1. The molecule has 0 aromatic heterocycles. The third-order valence-electron chi connectivity index (χ3n) is 4.14. The van der Waals surface area contributed by atoms with Gasteiger partial charge in [0.15, 0.2) is 0 Å². The lowest BCUT2D eigenvalue weighted by molar-refractivity contribution is -0.385. The molecule has 25 heavy (non-hydrogen) atoms. The summed E-state index contributed by atoms with van der Waals surface area (Å²) in [6.07, 6.45) is 0. The summed E-state index contributed by atoms with van der Waals surface area (Å²) in [5.41, 5.74) is 4.83. The summed E-state index contributed by atoms with van der Waals surface area (Å²) in [5.74, 6) is 1.33. The van der Waals surface area contributed by atoms with Gasteiger partial charge in [-0.05, 0) is 55.7 Å². The monoisotopic (exact) mass is 333 g/mol. The Kier molecular flexibility index (Phi) is 4.52. The van der Waals surface area contributed by atoms with E-state index in [0.29, 0.717) is 17.1 Å². The van der Waals surface area contributed by atoms with Crippen LogP contribution >= 0.6 is 0 Å². The number of nitro benzene ring substituents is 1. The largest absolute Gasteiger partial charge is 0.457 e. The van der Waals surface area contributed by atoms with E-state index >= 15 is 0 Å². The molecule has 0 saturated heterocycles. The molecular formula is C21H19NO3. The van der Waals surface area contributed by atoms with E-state index in [4.69, 9.17) is 4.74 Å². The molecule has 0 spiro atoms. The van der Waals surface area contributed by atoms with Crippen molar-refractivity contribution in [2.75, 3.05) is 0 Å². The van der Waals surface area contributed by atoms with Gasteiger partial charge in [0.1, 0.15) is 11.5 Å². The molecule has 0 fully saturated rings. The number of rotatable bonds is 4. The van der Waals surface area contributed by atoms with Gasteiger partial charge in [-0.15, -0.1) is 0 Å². The molecule has 0 heterocycles. The van der Waals surface area contributed by atoms with Crippen LogP contribution in [0, 0.1) is 30.9 Å². The number of hydrogen-bond acceptors (Lipinski definition) is 3. The van der Waals surface area contributed by atoms with Crippen LogP contribution in [0.1, 0.15) is 16.7 Å². The van der Waals surface area contributed by atoms with E-state index in [2.05, 4.69) is 31.2 Å². The van der Waals surface area contributed by atoms with Gasteiger partial charge < -0.3 is 4.74 Å². The van der Waals surface area contributed by atoms with Crippen LogP contribution in [0.3, 0.4) is 0 Å². The lowest BCUT2D eigenvalue weighted by Crippen LogP contribution is -1.95. The van der Waals surface area contributed by atoms with Crippen LogP contribution in [0.15, 0.2) is 60.7 Å². The highest BCUT2D eigenvalue weighted by atomic mass is 16.6. The van der Waals surface area contributed by atoms with Crippen molar-refractivity contribution in [2.45, 2.75) is 20.8 Å². The van der Waals surface area contributed by atoms with E-state index in [1.807, 2.05) is 31.2 Å². The Labute approximate surface area is 146 Å². The van der Waals surface area contributed by atoms with E-state index in [0.717, 1.165) is 16.7 Å². The van der Waals surface area contributed by atoms with Crippen LogP contribution < -0.4 is 4.74 Å². The topological polar surface area (TPSA) is 52.4 Å². The van der Waals surface area contributed by atoms with Crippen molar-refractivity contribution in [3.8, 4) is 22.6 Å². The molecule has 0 amide bonds. The van der Waals surface area contributed by atoms with E-state index < -0.39 is 0 Å². The Bertz CT molecular complexity index is 930. The molecule has 3 aromatic carbocycles. The normalized spacial score (nSPS) is 10.5. The smallest absolute Gasteiger partial charge is 0.272 e. The lowest BCUT2D eigenvalue weighted by Gasteiger charge is -2.11. The highest BCUT2D eigenvalue weighted by molar-refractivity contribution is 5.65. The molecule has 0 aliphatic carbocycles. The molecular weight excluding hydrogens is 314 g/mol. The fraction of sp³-hybridized carbons (Fsp3) is 0.143. The van der Waals surface area contributed by atoms with Gasteiger partial charge >= 0.3 is 0 Å². The van der Waals surface area contributed by atoms with Crippen molar-refractivity contribution in [1.82, 2.24) is 0 Å². The van der Waals surface area contributed by atoms with Crippen LogP contribution in [-0.4, -0.2) is 4.92 Å². The van der Waals surface area contributed by atoms with Gasteiger partial charge in [0.05, 0.1) is 4.92 Å². The molecule has 126 valence electrons. The Morgan fingerprint density at radius 3 is 2.24 bits per heavy atom. The molecule has 0 bridgehead atoms. The first-order valence-corrected chi connectivity index (χ1v) is 8.04. The Morgan fingerprint density at radius 2 is 1.56 bits per heavy atom. The van der Waals surface area contributed by atoms with E-state index in [1.54, 1.807) is 19.1 Å². The second kappa shape index (κ2) is 6.77. The summed E-state index contributed by atoms with van der Waals surface area (Å²) in [6.45, 7) is 5.59. The molecule has 0 atom stereocenters. The second-order valence-corrected chi connectivity index (χ2v) is 6.16. The molecule has 0 unspecified atom stereocenters. The molecule has 3 rings (SSSR count). The number of nitrogens with zero attached hydrogens (tertiary/aromatic N) is 1. The van der Waals surface area contributed by atoms with Gasteiger partial charge in [-0.2, -0.15) is 0 Å². The Morgan fingerprint density at radius 1 is 0.840 bits per heavy atom. The van der Waals surface area contributed by atoms with Gasteiger partial charge in [-0.25, -0.2) is 0 Å². The summed E-state index contributed by atoms with van der Waals surface area (Å²) >= 11 is 0. The lowest BCUT2D eigenvalue weighted by atomic mass is 10.0. The third kappa shape index (κ3) is 3.69. The maximum atomic E-state index is 11.0. The predicted octanol–water partition coefficient (Wildman–Crippen LogP) is 5.98. The molecule has 0 aliphatic rings. The van der Waals surface area contributed by atoms with Crippen LogP contribution in [0.5, 0.6) is 11.5 Å². The minimum absolute atomic E-state index is 0.109. The molecule has 0 N–H and O–H groups in total. The van der Waals surface area contributed by atoms with Crippen molar-refractivity contribution >= 4 is 5.69 Å². The number of aryl methyl sites for hydroxylation is 3. The predicted molar refractivity (Wildman–Crippen MR) is 99.3 cm³/mol. The molecule has 3 aromatic rings. The summed E-state index contributed by atoms with van der Waals surface area (Å²) < 4.78 is 5.99. The number of ether oxygens (including phenoxy) is 1. The maximum absolute atomic E-state index is 11.0. The van der Waals surface area contributed by atoms with Gasteiger partial charge in [-0.1, -0.05) is 42.0 Å². The van der Waals surface area contributed by atoms with Crippen LogP contribution in [0.4, 0.5) is 5.69 Å². The zero-order chi connectivity index (χ0) is 18.0. The van der Waals surface area contributed by atoms with Crippen LogP contribution in [0.2, 0.25) is 0 Å². The van der Waals surface area contributed by atoms with Crippen molar-refractivity contribution in [3.05, 3.63) is 87.5 Å². The number of hydrogen-bond donors (Lipinski definition) is 0. The highest BCUT2D eigenvalue weighted by Gasteiger charge is 2.14. The Hall–Kier alpha value is -3.14. The maximum Gasteiger partial charge on any atom is 0.272 e. The first kappa shape index (κ1) is 16.7. The fourth-order valence-electron chi connectivity index (χ4n) is 2.69. The van der Waals surface area contributed by atoms with Gasteiger partial charge in [0.2, 0.25) is 0 Å². The van der Waals surface area contributed by atoms with Crippen molar-refractivity contribution in [3.63, 3.8) is 0 Å². The highest BCUT2D eigenvalue weighted by Crippen LogP contribution is 2.32. The summed E-state index contributed by atoms with van der Waals surface area (Å²) in [4.78, 5) is 10.7. The quantitative estimate of drug-likeness (QED) is 0.436. The molecule has 4 heteroatoms. The summed E-state index contributed by atoms with van der Waals surface area (Å²) in [5, 5.41) is 11.0. The molecule has 0 radical (unpaired) electrons. The summed E-state index contributed by atoms with van der Waals surface area (Å²) in [6, 6.07) is 19.4. The average molecular weight is 333 g/mol. The average Bonchev–Trinajstić information content (AvgIpc) is 2.58. The fourth-order valence-corrected chi connectivity index (χ4v) is 2.69. The number of nitro groups is 1. The van der Waals surface area contributed by atoms with Gasteiger partial charge in [0.25, 0.3) is 5.69 Å². The minimum atomic E-state index is -0.371. The first-order chi connectivity index (χ1) is 11.9. The van der Waals surface area contributed by atoms with E-state index in [1.165, 1.54) is 5.56 Å². The van der Waals surface area contributed by atoms with E-state index in [-0.39, 0.29) is 10.6 Å². The van der Waals surface area contributed by atoms with Crippen LogP contribution in [0.25, 0.3) is 11.1 Å². The summed E-state index contributed by atoms with van der Waals surface area (Å²) in [7, 11) is 0. The standard InChI is InChI=1S/C21H19NO3/c1-14-7-9-17(10-8-14)18-5-4-6-19(13-18)25-21-12-15(2)20(22(23)24)11-16(21)3/h4-13H,1-3H3. The molecule has 4 nitrogen and oxygen atoms in total. The Balaban J connectivity index is 1.91. The second-order valence-electron chi connectivity index (χ2n) is 6.16. The van der Waals surface area contributed by atoms with Crippen molar-refractivity contribution in [2.24, 2.45) is 0 Å². The minimum Gasteiger partial charge on any atom is -0.457 e. The zero-order valence-corrected chi connectivity index (χ0v) is 14.4. The van der Waals surface area contributed by atoms with Crippen molar-refractivity contribution < 1.29 is 9.66 Å². The first-order valence-electron chi connectivity index (χ1n) is 8.04. The van der Waals surface area contributed by atoms with Gasteiger partial charge in [0, 0.05) is 11.6 Å². The molecule has 0 aliphatic heterocycles. The van der Waals surface area contributed by atoms with Crippen LogP contribution in [-0.2, 0) is 0 Å². The molecule has 0 saturated carbocycles. The van der Waals surface area contributed by atoms with Gasteiger partial charge in [-0.3, -0.25) is 10.1 Å². The van der Waals surface area contributed by atoms with E-state index in [9.17, 15) is 10.1 Å². The third-order valence-corrected chi connectivity index (χ3v) is 4.14.